The Hall–Kier alpha value is -0.260. The number of rotatable bonds is 4. The summed E-state index contributed by atoms with van der Waals surface area (Å²) in [4.78, 5) is 13.6. The van der Waals surface area contributed by atoms with Crippen LogP contribution in [0.5, 0.6) is 0 Å². The van der Waals surface area contributed by atoms with Gasteiger partial charge in [0.1, 0.15) is 5.25 Å². The molecule has 2 fully saturated rings. The van der Waals surface area contributed by atoms with Crippen molar-refractivity contribution in [2.45, 2.75) is 11.7 Å². The standard InChI is InChI=1S/C10H18N2O2S/c13-10-9(1-7-14-10)15-8-6-12-4-2-11-3-5-12/h9,11H,1-8H2. The molecule has 2 aliphatic rings. The van der Waals surface area contributed by atoms with Gasteiger partial charge in [0, 0.05) is 44.9 Å². The van der Waals surface area contributed by atoms with Crippen molar-refractivity contribution in [2.75, 3.05) is 45.1 Å². The molecule has 0 saturated carbocycles. The maximum atomic E-state index is 11.2. The third-order valence-electron chi connectivity index (χ3n) is 2.82. The molecule has 2 rings (SSSR count). The molecule has 15 heavy (non-hydrogen) atoms. The molecule has 0 aliphatic carbocycles. The van der Waals surface area contributed by atoms with Crippen LogP contribution in [0.15, 0.2) is 0 Å². The summed E-state index contributed by atoms with van der Waals surface area (Å²) in [6.45, 7) is 6.16. The number of thioether (sulfide) groups is 1. The van der Waals surface area contributed by atoms with E-state index in [2.05, 4.69) is 10.2 Å². The van der Waals surface area contributed by atoms with Gasteiger partial charge in [0.05, 0.1) is 6.61 Å². The third kappa shape index (κ3) is 3.36. The molecular weight excluding hydrogens is 212 g/mol. The first-order chi connectivity index (χ1) is 7.36. The van der Waals surface area contributed by atoms with E-state index >= 15 is 0 Å². The maximum Gasteiger partial charge on any atom is 0.319 e. The molecule has 5 heteroatoms. The van der Waals surface area contributed by atoms with E-state index in [-0.39, 0.29) is 11.2 Å². The van der Waals surface area contributed by atoms with Crippen LogP contribution in [0.1, 0.15) is 6.42 Å². The summed E-state index contributed by atoms with van der Waals surface area (Å²) in [5.74, 6) is 1.03. The van der Waals surface area contributed by atoms with Gasteiger partial charge in [-0.3, -0.25) is 9.69 Å². The molecule has 0 aromatic heterocycles. The second-order valence-corrected chi connectivity index (χ2v) is 5.22. The summed E-state index contributed by atoms with van der Waals surface area (Å²) in [5, 5.41) is 3.44. The SMILES string of the molecule is O=C1OCCC1SCCN1CCNCC1. The number of esters is 1. The third-order valence-corrected chi connectivity index (χ3v) is 4.07. The highest BCUT2D eigenvalue weighted by Gasteiger charge is 2.26. The summed E-state index contributed by atoms with van der Waals surface area (Å²) in [5.41, 5.74) is 0. The fraction of sp³-hybridized carbons (Fsp3) is 0.900. The summed E-state index contributed by atoms with van der Waals surface area (Å²) in [6.07, 6.45) is 0.894. The average Bonchev–Trinajstić information content (AvgIpc) is 2.66. The van der Waals surface area contributed by atoms with Crippen molar-refractivity contribution in [3.05, 3.63) is 0 Å². The normalized spacial score (nSPS) is 28.0. The highest BCUT2D eigenvalue weighted by molar-refractivity contribution is 8.00. The molecule has 0 amide bonds. The fourth-order valence-corrected chi connectivity index (χ4v) is 3.00. The van der Waals surface area contributed by atoms with Gasteiger partial charge in [-0.1, -0.05) is 0 Å². The minimum absolute atomic E-state index is 0.0136. The summed E-state index contributed by atoms with van der Waals surface area (Å²) >= 11 is 1.75. The number of ether oxygens (including phenoxy) is 1. The van der Waals surface area contributed by atoms with E-state index in [0.717, 1.165) is 44.9 Å². The maximum absolute atomic E-state index is 11.2. The van der Waals surface area contributed by atoms with E-state index in [1.165, 1.54) is 0 Å². The summed E-state index contributed by atoms with van der Waals surface area (Å²) < 4.78 is 4.92. The number of nitrogens with one attached hydrogen (secondary N) is 1. The molecule has 4 nitrogen and oxygen atoms in total. The Morgan fingerprint density at radius 2 is 2.27 bits per heavy atom. The minimum atomic E-state index is -0.0136. The van der Waals surface area contributed by atoms with Gasteiger partial charge in [-0.2, -0.15) is 0 Å². The van der Waals surface area contributed by atoms with Crippen molar-refractivity contribution >= 4 is 17.7 Å². The Morgan fingerprint density at radius 3 is 2.93 bits per heavy atom. The van der Waals surface area contributed by atoms with E-state index in [0.29, 0.717) is 6.61 Å². The minimum Gasteiger partial charge on any atom is -0.465 e. The van der Waals surface area contributed by atoms with Crippen LogP contribution in [0.3, 0.4) is 0 Å². The van der Waals surface area contributed by atoms with E-state index in [1.54, 1.807) is 11.8 Å². The van der Waals surface area contributed by atoms with Crippen molar-refractivity contribution in [3.8, 4) is 0 Å². The predicted molar refractivity (Wildman–Crippen MR) is 61.1 cm³/mol. The van der Waals surface area contributed by atoms with Gasteiger partial charge in [-0.05, 0) is 0 Å². The second-order valence-electron chi connectivity index (χ2n) is 3.91. The largest absolute Gasteiger partial charge is 0.465 e. The molecule has 0 aromatic carbocycles. The molecule has 0 spiro atoms. The van der Waals surface area contributed by atoms with Crippen LogP contribution < -0.4 is 5.32 Å². The summed E-state index contributed by atoms with van der Waals surface area (Å²) in [7, 11) is 0. The van der Waals surface area contributed by atoms with Gasteiger partial charge < -0.3 is 10.1 Å². The van der Waals surface area contributed by atoms with Crippen LogP contribution in [-0.2, 0) is 9.53 Å². The molecule has 0 radical (unpaired) electrons. The first kappa shape index (κ1) is 11.2. The zero-order valence-electron chi connectivity index (χ0n) is 8.91. The first-order valence-electron chi connectivity index (χ1n) is 5.57. The first-order valence-corrected chi connectivity index (χ1v) is 6.62. The number of hydrogen-bond donors (Lipinski definition) is 1. The van der Waals surface area contributed by atoms with Crippen molar-refractivity contribution in [3.63, 3.8) is 0 Å². The van der Waals surface area contributed by atoms with E-state index in [4.69, 9.17) is 4.74 Å². The monoisotopic (exact) mass is 230 g/mol. The Balaban J connectivity index is 1.59. The molecule has 1 N–H and O–H groups in total. The molecule has 1 unspecified atom stereocenters. The van der Waals surface area contributed by atoms with E-state index < -0.39 is 0 Å². The number of hydrogen-bond acceptors (Lipinski definition) is 5. The highest BCUT2D eigenvalue weighted by atomic mass is 32.2. The molecular formula is C10H18N2O2S. The van der Waals surface area contributed by atoms with Crippen LogP contribution in [0.25, 0.3) is 0 Å². The highest BCUT2D eigenvalue weighted by Crippen LogP contribution is 2.21. The van der Waals surface area contributed by atoms with Gasteiger partial charge in [0.15, 0.2) is 0 Å². The van der Waals surface area contributed by atoms with Crippen LogP contribution in [-0.4, -0.2) is 61.2 Å². The number of piperazine rings is 1. The Labute approximate surface area is 94.7 Å². The number of carbonyl (C=O) groups excluding carboxylic acids is 1. The summed E-state index contributed by atoms with van der Waals surface area (Å²) in [6, 6.07) is 0. The lowest BCUT2D eigenvalue weighted by Gasteiger charge is -2.27. The number of nitrogens with zero attached hydrogens (tertiary/aromatic N) is 1. The second kappa shape index (κ2) is 5.72. The molecule has 1 atom stereocenters. The zero-order valence-corrected chi connectivity index (χ0v) is 9.72. The van der Waals surface area contributed by atoms with Gasteiger partial charge in [0.25, 0.3) is 0 Å². The van der Waals surface area contributed by atoms with Crippen molar-refractivity contribution in [2.24, 2.45) is 0 Å². The van der Waals surface area contributed by atoms with Gasteiger partial charge in [-0.25, -0.2) is 0 Å². The Kier molecular flexibility index (Phi) is 4.29. The van der Waals surface area contributed by atoms with Gasteiger partial charge in [0.2, 0.25) is 0 Å². The number of cyclic esters (lactones) is 1. The van der Waals surface area contributed by atoms with Crippen LogP contribution in [0, 0.1) is 0 Å². The van der Waals surface area contributed by atoms with Crippen molar-refractivity contribution in [1.82, 2.24) is 10.2 Å². The molecule has 0 bridgehead atoms. The topological polar surface area (TPSA) is 41.6 Å². The Bertz CT molecular complexity index is 219. The smallest absolute Gasteiger partial charge is 0.319 e. The molecule has 2 aliphatic heterocycles. The van der Waals surface area contributed by atoms with Crippen LogP contribution in [0.4, 0.5) is 0 Å². The lowest BCUT2D eigenvalue weighted by Crippen LogP contribution is -2.44. The molecule has 2 heterocycles. The molecule has 86 valence electrons. The van der Waals surface area contributed by atoms with E-state index in [1.807, 2.05) is 0 Å². The Morgan fingerprint density at radius 1 is 1.47 bits per heavy atom. The fourth-order valence-electron chi connectivity index (χ4n) is 1.89. The number of carbonyl (C=O) groups is 1. The van der Waals surface area contributed by atoms with Crippen LogP contribution in [0.2, 0.25) is 0 Å². The quantitative estimate of drug-likeness (QED) is 0.685. The molecule has 2 saturated heterocycles. The lowest BCUT2D eigenvalue weighted by atomic mass is 10.4. The predicted octanol–water partition coefficient (Wildman–Crippen LogP) is -0.0597. The van der Waals surface area contributed by atoms with E-state index in [9.17, 15) is 4.79 Å². The van der Waals surface area contributed by atoms with Crippen molar-refractivity contribution < 1.29 is 9.53 Å². The van der Waals surface area contributed by atoms with Gasteiger partial charge in [-0.15, -0.1) is 11.8 Å². The zero-order chi connectivity index (χ0) is 10.5. The van der Waals surface area contributed by atoms with Gasteiger partial charge >= 0.3 is 5.97 Å². The molecule has 0 aromatic rings. The van der Waals surface area contributed by atoms with Crippen molar-refractivity contribution in [1.29, 1.82) is 0 Å². The van der Waals surface area contributed by atoms with Crippen LogP contribution >= 0.6 is 11.8 Å². The lowest BCUT2D eigenvalue weighted by molar-refractivity contribution is -0.137. The average molecular weight is 230 g/mol.